The summed E-state index contributed by atoms with van der Waals surface area (Å²) in [6.45, 7) is 3.85. The molecule has 2 aromatic heterocycles. The summed E-state index contributed by atoms with van der Waals surface area (Å²) in [6, 6.07) is 3.65. The highest BCUT2D eigenvalue weighted by Crippen LogP contribution is 2.24. The lowest BCUT2D eigenvalue weighted by molar-refractivity contribution is -0.136. The van der Waals surface area contributed by atoms with E-state index in [1.807, 2.05) is 16.3 Å². The minimum Gasteiger partial charge on any atom is -0.467 e. The first-order valence-electron chi connectivity index (χ1n) is 8.44. The highest BCUT2D eigenvalue weighted by atomic mass is 32.1. The number of anilines is 1. The van der Waals surface area contributed by atoms with Crippen LogP contribution in [0.25, 0.3) is 0 Å². The van der Waals surface area contributed by atoms with Crippen LogP contribution in [0.15, 0.2) is 34.4 Å². The molecular weight excluding hydrogens is 340 g/mol. The highest BCUT2D eigenvalue weighted by Gasteiger charge is 2.37. The molecule has 2 aliphatic heterocycles. The van der Waals surface area contributed by atoms with Crippen molar-refractivity contribution in [2.24, 2.45) is 5.92 Å². The third-order valence-electron chi connectivity index (χ3n) is 4.77. The average molecular weight is 360 g/mol. The van der Waals surface area contributed by atoms with Crippen LogP contribution in [0.3, 0.4) is 0 Å². The van der Waals surface area contributed by atoms with E-state index in [0.717, 1.165) is 24.0 Å². The van der Waals surface area contributed by atoms with Crippen LogP contribution in [0.1, 0.15) is 12.2 Å². The molecule has 0 saturated carbocycles. The Bertz CT molecular complexity index is 723. The van der Waals surface area contributed by atoms with E-state index in [9.17, 15) is 9.59 Å². The maximum Gasteiger partial charge on any atom is 0.228 e. The number of carbonyl (C=O) groups is 2. The molecule has 8 heteroatoms. The van der Waals surface area contributed by atoms with Gasteiger partial charge < -0.3 is 19.1 Å². The van der Waals surface area contributed by atoms with Gasteiger partial charge in [-0.1, -0.05) is 0 Å². The first kappa shape index (κ1) is 16.1. The third kappa shape index (κ3) is 3.39. The number of rotatable bonds is 4. The molecule has 25 heavy (non-hydrogen) atoms. The average Bonchev–Trinajstić information content (AvgIpc) is 3.38. The number of aromatic nitrogens is 1. The van der Waals surface area contributed by atoms with Gasteiger partial charge in [0.2, 0.25) is 11.8 Å². The normalized spacial score (nSPS) is 21.2. The number of hydrogen-bond donors (Lipinski definition) is 0. The summed E-state index contributed by atoms with van der Waals surface area (Å²) in [6.07, 6.45) is 3.70. The van der Waals surface area contributed by atoms with E-state index in [4.69, 9.17) is 4.42 Å². The van der Waals surface area contributed by atoms with Crippen LogP contribution < -0.4 is 4.90 Å². The number of amides is 2. The van der Waals surface area contributed by atoms with Crippen LogP contribution in [0.2, 0.25) is 0 Å². The Hall–Kier alpha value is -2.35. The molecule has 0 spiro atoms. The quantitative estimate of drug-likeness (QED) is 0.825. The first-order valence-corrected chi connectivity index (χ1v) is 9.32. The molecule has 4 heterocycles. The SMILES string of the molecule is O=C1CC(C(=O)N2CCN(c3nccs3)CC2)CN1Cc1ccco1. The van der Waals surface area contributed by atoms with Gasteiger partial charge in [-0.05, 0) is 12.1 Å². The maximum absolute atomic E-state index is 12.8. The van der Waals surface area contributed by atoms with E-state index in [-0.39, 0.29) is 17.7 Å². The molecule has 2 amide bonds. The first-order chi connectivity index (χ1) is 12.2. The molecule has 7 nitrogen and oxygen atoms in total. The fraction of sp³-hybridized carbons (Fsp3) is 0.471. The van der Waals surface area contributed by atoms with Crippen molar-refractivity contribution in [3.05, 3.63) is 35.7 Å². The fourth-order valence-electron chi connectivity index (χ4n) is 3.43. The zero-order valence-corrected chi connectivity index (χ0v) is 14.7. The summed E-state index contributed by atoms with van der Waals surface area (Å²) >= 11 is 1.62. The predicted molar refractivity (Wildman–Crippen MR) is 93.1 cm³/mol. The highest BCUT2D eigenvalue weighted by molar-refractivity contribution is 7.13. The molecule has 1 atom stereocenters. The lowest BCUT2D eigenvalue weighted by atomic mass is 10.1. The van der Waals surface area contributed by atoms with Crippen molar-refractivity contribution < 1.29 is 14.0 Å². The Labute approximate surface area is 149 Å². The number of nitrogens with zero attached hydrogens (tertiary/aromatic N) is 4. The molecule has 2 aromatic rings. The zero-order valence-electron chi connectivity index (χ0n) is 13.8. The number of thiazole rings is 1. The summed E-state index contributed by atoms with van der Waals surface area (Å²) in [5.74, 6) is 0.623. The minimum absolute atomic E-state index is 0.0242. The Morgan fingerprint density at radius 3 is 2.84 bits per heavy atom. The van der Waals surface area contributed by atoms with Gasteiger partial charge in [-0.2, -0.15) is 0 Å². The lowest BCUT2D eigenvalue weighted by Crippen LogP contribution is -2.50. The van der Waals surface area contributed by atoms with Gasteiger partial charge in [0.15, 0.2) is 5.13 Å². The van der Waals surface area contributed by atoms with Gasteiger partial charge in [0.1, 0.15) is 5.76 Å². The second-order valence-electron chi connectivity index (χ2n) is 6.38. The van der Waals surface area contributed by atoms with Crippen molar-refractivity contribution in [2.75, 3.05) is 37.6 Å². The van der Waals surface area contributed by atoms with Gasteiger partial charge in [0.25, 0.3) is 0 Å². The van der Waals surface area contributed by atoms with Gasteiger partial charge in [0, 0.05) is 50.7 Å². The standard InChI is InChI=1S/C17H20N4O3S/c22-15-10-13(11-21(15)12-14-2-1-8-24-14)16(23)19-4-6-20(7-5-19)17-18-3-9-25-17/h1-3,8-9,13H,4-7,10-12H2. The van der Waals surface area contributed by atoms with E-state index in [0.29, 0.717) is 32.6 Å². The minimum atomic E-state index is -0.242. The van der Waals surface area contributed by atoms with Crippen LogP contribution in [-0.4, -0.2) is 59.3 Å². The van der Waals surface area contributed by atoms with Crippen molar-refractivity contribution in [1.82, 2.24) is 14.8 Å². The Morgan fingerprint density at radius 1 is 1.32 bits per heavy atom. The third-order valence-corrected chi connectivity index (χ3v) is 5.60. The van der Waals surface area contributed by atoms with Crippen LogP contribution in [0.5, 0.6) is 0 Å². The van der Waals surface area contributed by atoms with Crippen molar-refractivity contribution in [3.8, 4) is 0 Å². The smallest absolute Gasteiger partial charge is 0.228 e. The molecular formula is C17H20N4O3S. The van der Waals surface area contributed by atoms with E-state index in [2.05, 4.69) is 9.88 Å². The molecule has 132 valence electrons. The van der Waals surface area contributed by atoms with Crippen molar-refractivity contribution >= 4 is 28.3 Å². The number of furan rings is 1. The molecule has 2 fully saturated rings. The van der Waals surface area contributed by atoms with E-state index in [1.54, 1.807) is 34.8 Å². The Balaban J connectivity index is 1.32. The molecule has 0 aromatic carbocycles. The van der Waals surface area contributed by atoms with Gasteiger partial charge >= 0.3 is 0 Å². The Morgan fingerprint density at radius 2 is 2.16 bits per heavy atom. The summed E-state index contributed by atoms with van der Waals surface area (Å²) in [5.41, 5.74) is 0. The second-order valence-corrected chi connectivity index (χ2v) is 7.25. The van der Waals surface area contributed by atoms with Crippen LogP contribution >= 0.6 is 11.3 Å². The topological polar surface area (TPSA) is 69.9 Å². The van der Waals surface area contributed by atoms with Gasteiger partial charge in [-0.15, -0.1) is 11.3 Å². The van der Waals surface area contributed by atoms with Crippen LogP contribution in [0, 0.1) is 5.92 Å². The summed E-state index contributed by atoms with van der Waals surface area (Å²) in [7, 11) is 0. The molecule has 2 aliphatic rings. The van der Waals surface area contributed by atoms with Crippen LogP contribution in [-0.2, 0) is 16.1 Å². The van der Waals surface area contributed by atoms with Gasteiger partial charge in [-0.25, -0.2) is 4.98 Å². The Kier molecular flexibility index (Phi) is 4.44. The second kappa shape index (κ2) is 6.87. The molecule has 0 radical (unpaired) electrons. The molecule has 2 saturated heterocycles. The number of hydrogen-bond acceptors (Lipinski definition) is 6. The monoisotopic (exact) mass is 360 g/mol. The maximum atomic E-state index is 12.8. The predicted octanol–water partition coefficient (Wildman–Crippen LogP) is 1.43. The van der Waals surface area contributed by atoms with Crippen molar-refractivity contribution in [3.63, 3.8) is 0 Å². The summed E-state index contributed by atoms with van der Waals surface area (Å²) in [5, 5.41) is 2.97. The molecule has 1 unspecified atom stereocenters. The van der Waals surface area contributed by atoms with Crippen molar-refractivity contribution in [2.45, 2.75) is 13.0 Å². The number of piperazine rings is 1. The van der Waals surface area contributed by atoms with Crippen molar-refractivity contribution in [1.29, 1.82) is 0 Å². The van der Waals surface area contributed by atoms with E-state index >= 15 is 0 Å². The molecule has 0 N–H and O–H groups in total. The molecule has 0 bridgehead atoms. The number of carbonyl (C=O) groups excluding carboxylic acids is 2. The summed E-state index contributed by atoms with van der Waals surface area (Å²) < 4.78 is 5.30. The van der Waals surface area contributed by atoms with E-state index < -0.39 is 0 Å². The molecule has 0 aliphatic carbocycles. The summed E-state index contributed by atoms with van der Waals surface area (Å²) in [4.78, 5) is 35.1. The zero-order chi connectivity index (χ0) is 17.2. The lowest BCUT2D eigenvalue weighted by Gasteiger charge is -2.35. The number of likely N-dealkylation sites (tertiary alicyclic amines) is 1. The fourth-order valence-corrected chi connectivity index (χ4v) is 4.13. The van der Waals surface area contributed by atoms with Crippen LogP contribution in [0.4, 0.5) is 5.13 Å². The molecule has 4 rings (SSSR count). The van der Waals surface area contributed by atoms with Gasteiger partial charge in [0.05, 0.1) is 18.7 Å². The van der Waals surface area contributed by atoms with E-state index in [1.165, 1.54) is 0 Å². The van der Waals surface area contributed by atoms with Gasteiger partial charge in [-0.3, -0.25) is 9.59 Å². The largest absolute Gasteiger partial charge is 0.467 e.